The highest BCUT2D eigenvalue weighted by Gasteiger charge is 2.19. The second-order valence-electron chi connectivity index (χ2n) is 4.58. The van der Waals surface area contributed by atoms with Crippen molar-refractivity contribution in [3.63, 3.8) is 0 Å². The van der Waals surface area contributed by atoms with E-state index in [0.717, 1.165) is 11.1 Å². The van der Waals surface area contributed by atoms with E-state index in [4.69, 9.17) is 17.3 Å². The van der Waals surface area contributed by atoms with Gasteiger partial charge in [-0.3, -0.25) is 4.72 Å². The lowest BCUT2D eigenvalue weighted by atomic mass is 10.2. The van der Waals surface area contributed by atoms with Crippen LogP contribution in [0.5, 0.6) is 0 Å². The Bertz CT molecular complexity index is 809. The van der Waals surface area contributed by atoms with Crippen LogP contribution in [-0.4, -0.2) is 13.4 Å². The first kappa shape index (κ1) is 16.1. The fraction of sp³-hybridized carbons (Fsp3) is 0.154. The van der Waals surface area contributed by atoms with Crippen molar-refractivity contribution in [1.29, 1.82) is 0 Å². The number of aromatic nitrogens is 1. The Morgan fingerprint density at radius 3 is 2.52 bits per heavy atom. The molecule has 21 heavy (non-hydrogen) atoms. The van der Waals surface area contributed by atoms with Gasteiger partial charge in [0, 0.05) is 5.69 Å². The van der Waals surface area contributed by atoms with Crippen molar-refractivity contribution in [3.05, 3.63) is 45.1 Å². The van der Waals surface area contributed by atoms with E-state index in [-0.39, 0.29) is 9.92 Å². The van der Waals surface area contributed by atoms with Crippen molar-refractivity contribution < 1.29 is 8.42 Å². The first-order chi connectivity index (χ1) is 9.70. The average Bonchev–Trinajstić information content (AvgIpc) is 2.37. The summed E-state index contributed by atoms with van der Waals surface area (Å²) in [5.74, 6) is 0. The minimum absolute atomic E-state index is 0.0622. The van der Waals surface area contributed by atoms with Crippen LogP contribution in [0.15, 0.2) is 33.9 Å². The van der Waals surface area contributed by atoms with Crippen LogP contribution in [0, 0.1) is 13.8 Å². The predicted octanol–water partition coefficient (Wildman–Crippen LogP) is 3.50. The lowest BCUT2D eigenvalue weighted by Gasteiger charge is -2.12. The first-order valence-corrected chi connectivity index (χ1v) is 8.56. The highest BCUT2D eigenvalue weighted by Crippen LogP contribution is 2.28. The monoisotopic (exact) mass is 389 g/mol. The number of pyridine rings is 1. The van der Waals surface area contributed by atoms with Gasteiger partial charge in [0.2, 0.25) is 0 Å². The molecule has 0 amide bonds. The minimum atomic E-state index is -3.83. The number of sulfonamides is 1. The summed E-state index contributed by atoms with van der Waals surface area (Å²) >= 11 is 9.27. The van der Waals surface area contributed by atoms with Crippen molar-refractivity contribution in [2.24, 2.45) is 0 Å². The number of nitrogen functional groups attached to an aromatic ring is 1. The Hall–Kier alpha value is -1.31. The van der Waals surface area contributed by atoms with Crippen LogP contribution in [0.1, 0.15) is 11.1 Å². The third-order valence-corrected chi connectivity index (χ3v) is 5.55. The zero-order chi connectivity index (χ0) is 15.8. The highest BCUT2D eigenvalue weighted by atomic mass is 79.9. The molecule has 2 rings (SSSR count). The van der Waals surface area contributed by atoms with Gasteiger partial charge in [-0.1, -0.05) is 11.6 Å². The Morgan fingerprint density at radius 1 is 1.24 bits per heavy atom. The van der Waals surface area contributed by atoms with Gasteiger partial charge in [-0.15, -0.1) is 0 Å². The molecule has 3 N–H and O–H groups in total. The van der Waals surface area contributed by atoms with E-state index >= 15 is 0 Å². The Morgan fingerprint density at radius 2 is 1.90 bits per heavy atom. The number of nitrogens with zero attached hydrogens (tertiary/aromatic N) is 1. The van der Waals surface area contributed by atoms with E-state index in [1.807, 2.05) is 6.92 Å². The molecule has 0 spiro atoms. The molecule has 112 valence electrons. The molecule has 0 aliphatic heterocycles. The zero-order valence-corrected chi connectivity index (χ0v) is 14.5. The molecule has 0 atom stereocenters. The van der Waals surface area contributed by atoms with Gasteiger partial charge < -0.3 is 5.73 Å². The molecule has 0 unspecified atom stereocenters. The van der Waals surface area contributed by atoms with Crippen LogP contribution in [0.2, 0.25) is 5.02 Å². The van der Waals surface area contributed by atoms with Crippen molar-refractivity contribution in [3.8, 4) is 0 Å². The van der Waals surface area contributed by atoms with Crippen LogP contribution in [0.4, 0.5) is 11.4 Å². The molecule has 0 aliphatic rings. The third-order valence-electron chi connectivity index (χ3n) is 2.88. The van der Waals surface area contributed by atoms with E-state index < -0.39 is 10.0 Å². The van der Waals surface area contributed by atoms with Crippen molar-refractivity contribution in [2.45, 2.75) is 18.7 Å². The van der Waals surface area contributed by atoms with Crippen LogP contribution >= 0.6 is 27.5 Å². The number of rotatable bonds is 3. The van der Waals surface area contributed by atoms with Crippen molar-refractivity contribution in [2.75, 3.05) is 10.5 Å². The number of nitrogens with two attached hydrogens (primary N) is 1. The summed E-state index contributed by atoms with van der Waals surface area (Å²) in [6.07, 6.45) is 1.42. The molecule has 1 aromatic carbocycles. The lowest BCUT2D eigenvalue weighted by molar-refractivity contribution is 0.601. The summed E-state index contributed by atoms with van der Waals surface area (Å²) in [5, 5.41) is 0.121. The molecule has 1 heterocycles. The maximum absolute atomic E-state index is 12.4. The fourth-order valence-electron chi connectivity index (χ4n) is 1.70. The van der Waals surface area contributed by atoms with Gasteiger partial charge in [0.25, 0.3) is 10.0 Å². The van der Waals surface area contributed by atoms with Gasteiger partial charge in [0.1, 0.15) is 9.50 Å². The lowest BCUT2D eigenvalue weighted by Crippen LogP contribution is -2.14. The summed E-state index contributed by atoms with van der Waals surface area (Å²) in [5.41, 5.74) is 8.00. The molecule has 1 aromatic heterocycles. The van der Waals surface area contributed by atoms with E-state index in [1.54, 1.807) is 13.0 Å². The fourth-order valence-corrected chi connectivity index (χ4v) is 3.57. The third kappa shape index (κ3) is 3.48. The van der Waals surface area contributed by atoms with E-state index in [2.05, 4.69) is 25.6 Å². The number of halogens is 2. The quantitative estimate of drug-likeness (QED) is 0.620. The summed E-state index contributed by atoms with van der Waals surface area (Å²) in [6, 6.07) is 4.54. The second-order valence-corrected chi connectivity index (χ2v) is 7.39. The van der Waals surface area contributed by atoms with Gasteiger partial charge in [-0.2, -0.15) is 0 Å². The molecular formula is C13H13BrClN3O2S. The van der Waals surface area contributed by atoms with Crippen LogP contribution in [-0.2, 0) is 10.0 Å². The molecule has 0 radical (unpaired) electrons. The number of benzene rings is 1. The molecule has 0 bridgehead atoms. The van der Waals surface area contributed by atoms with Crippen LogP contribution < -0.4 is 10.5 Å². The van der Waals surface area contributed by atoms with E-state index in [1.165, 1.54) is 18.3 Å². The summed E-state index contributed by atoms with van der Waals surface area (Å²) < 4.78 is 27.9. The number of nitrogens with one attached hydrogen (secondary N) is 1. The van der Waals surface area contributed by atoms with E-state index in [9.17, 15) is 8.42 Å². The summed E-state index contributed by atoms with van der Waals surface area (Å²) in [6.45, 7) is 3.57. The summed E-state index contributed by atoms with van der Waals surface area (Å²) in [7, 11) is -3.83. The van der Waals surface area contributed by atoms with E-state index in [0.29, 0.717) is 16.0 Å². The normalized spacial score (nSPS) is 11.4. The molecule has 0 saturated heterocycles. The largest absolute Gasteiger partial charge is 0.398 e. The highest BCUT2D eigenvalue weighted by molar-refractivity contribution is 9.10. The molecular weight excluding hydrogens is 378 g/mol. The molecule has 5 nitrogen and oxygen atoms in total. The van der Waals surface area contributed by atoms with Crippen molar-refractivity contribution in [1.82, 2.24) is 4.98 Å². The molecule has 0 saturated carbocycles. The topological polar surface area (TPSA) is 85.1 Å². The molecule has 0 aliphatic carbocycles. The van der Waals surface area contributed by atoms with Gasteiger partial charge in [-0.05, 0) is 59.1 Å². The maximum atomic E-state index is 12.4. The molecule has 0 fully saturated rings. The average molecular weight is 391 g/mol. The molecule has 8 heteroatoms. The number of hydrogen-bond acceptors (Lipinski definition) is 4. The molecule has 2 aromatic rings. The Kier molecular flexibility index (Phi) is 4.46. The Balaban J connectivity index is 2.43. The van der Waals surface area contributed by atoms with Gasteiger partial charge in [-0.25, -0.2) is 13.4 Å². The summed E-state index contributed by atoms with van der Waals surface area (Å²) in [4.78, 5) is 3.98. The zero-order valence-electron chi connectivity index (χ0n) is 11.3. The smallest absolute Gasteiger partial charge is 0.263 e. The predicted molar refractivity (Wildman–Crippen MR) is 88.1 cm³/mol. The first-order valence-electron chi connectivity index (χ1n) is 5.91. The van der Waals surface area contributed by atoms with Crippen LogP contribution in [0.3, 0.4) is 0 Å². The SMILES string of the molecule is Cc1cc(Cl)c(S(=O)(=O)Nc2cnc(Br)c(C)c2)cc1N. The maximum Gasteiger partial charge on any atom is 0.263 e. The van der Waals surface area contributed by atoms with Gasteiger partial charge in [0.05, 0.1) is 16.9 Å². The Labute approximate surface area is 136 Å². The van der Waals surface area contributed by atoms with Crippen LogP contribution in [0.25, 0.3) is 0 Å². The van der Waals surface area contributed by atoms with Gasteiger partial charge >= 0.3 is 0 Å². The van der Waals surface area contributed by atoms with Gasteiger partial charge in [0.15, 0.2) is 0 Å². The van der Waals surface area contributed by atoms with Crippen molar-refractivity contribution >= 4 is 48.9 Å². The number of hydrogen-bond donors (Lipinski definition) is 2. The minimum Gasteiger partial charge on any atom is -0.398 e. The number of anilines is 2. The second kappa shape index (κ2) is 5.82. The standard InChI is InChI=1S/C13H13BrClN3O2S/c1-7-4-10(15)12(5-11(7)16)21(19,20)18-9-3-8(2)13(14)17-6-9/h3-6,18H,16H2,1-2H3. The number of aryl methyl sites for hydroxylation is 2.